The molecule has 7 heteroatoms. The third-order valence-corrected chi connectivity index (χ3v) is 11.6. The number of hydrogen-bond acceptors (Lipinski definition) is 5. The second-order valence-electron chi connectivity index (χ2n) is 16.8. The van der Waals surface area contributed by atoms with Crippen LogP contribution in [-0.2, 0) is 10.8 Å². The number of fused-ring (bicyclic) bond motifs is 12. The van der Waals surface area contributed by atoms with Crippen LogP contribution in [0.5, 0.6) is 0 Å². The maximum Gasteiger partial charge on any atom is 0.335 e. The number of rotatable bonds is 1. The molecule has 11 rings (SSSR count). The summed E-state index contributed by atoms with van der Waals surface area (Å²) in [6, 6.07) is 34.2. The predicted octanol–water partition coefficient (Wildman–Crippen LogP) is 9.85. The first kappa shape index (κ1) is 30.5. The van der Waals surface area contributed by atoms with Crippen molar-refractivity contribution < 1.29 is 0 Å². The monoisotopic (exact) mass is 684 g/mol. The summed E-state index contributed by atoms with van der Waals surface area (Å²) in [5.74, 6) is 0. The van der Waals surface area contributed by atoms with E-state index in [0.717, 1.165) is 44.6 Å². The minimum absolute atomic E-state index is 0.00750. The molecule has 0 fully saturated rings. The van der Waals surface area contributed by atoms with Gasteiger partial charge in [-0.15, -0.1) is 0 Å². The maximum atomic E-state index is 5.11. The first-order valence-corrected chi connectivity index (χ1v) is 18.5. The van der Waals surface area contributed by atoms with Gasteiger partial charge in [-0.3, -0.25) is 19.9 Å². The summed E-state index contributed by atoms with van der Waals surface area (Å²) in [5, 5.41) is 5.07. The van der Waals surface area contributed by atoms with Crippen molar-refractivity contribution in [3.63, 3.8) is 0 Å². The summed E-state index contributed by atoms with van der Waals surface area (Å²) < 4.78 is 2.63. The predicted molar refractivity (Wildman–Crippen MR) is 221 cm³/mol. The molecule has 0 atom stereocenters. The van der Waals surface area contributed by atoms with Gasteiger partial charge in [-0.2, -0.15) is 0 Å². The Bertz CT molecular complexity index is 3060. The highest BCUT2D eigenvalue weighted by atomic mass is 15.2. The van der Waals surface area contributed by atoms with Crippen molar-refractivity contribution in [2.45, 2.75) is 52.4 Å². The second kappa shape index (κ2) is 10.3. The number of aromatic nitrogens is 5. The zero-order valence-corrected chi connectivity index (χ0v) is 30.7. The summed E-state index contributed by atoms with van der Waals surface area (Å²) in [6.07, 6.45) is 7.15. The van der Waals surface area contributed by atoms with Crippen LogP contribution < -0.4 is 15.8 Å². The molecule has 3 aromatic heterocycles. The molecule has 0 aliphatic carbocycles. The van der Waals surface area contributed by atoms with Crippen molar-refractivity contribution in [1.82, 2.24) is 24.4 Å². The van der Waals surface area contributed by atoms with Crippen LogP contribution in [-0.4, -0.2) is 31.3 Å². The summed E-state index contributed by atoms with van der Waals surface area (Å²) in [7, 11) is 0. The Labute approximate surface area is 308 Å². The van der Waals surface area contributed by atoms with Crippen molar-refractivity contribution in [3.8, 4) is 11.1 Å². The number of anilines is 3. The largest absolute Gasteiger partial charge is 0.375 e. The molecule has 2 aliphatic rings. The Kier molecular flexibility index (Phi) is 5.93. The lowest BCUT2D eigenvalue weighted by atomic mass is 9.44. The molecule has 53 heavy (non-hydrogen) atoms. The first-order valence-electron chi connectivity index (χ1n) is 18.5. The van der Waals surface area contributed by atoms with E-state index in [-0.39, 0.29) is 17.7 Å². The maximum absolute atomic E-state index is 5.11. The molecule has 0 spiro atoms. The summed E-state index contributed by atoms with van der Waals surface area (Å²) in [4.78, 5) is 21.7. The van der Waals surface area contributed by atoms with Gasteiger partial charge >= 0.3 is 6.85 Å². The van der Waals surface area contributed by atoms with Crippen molar-refractivity contribution >= 4 is 89.5 Å². The molecule has 5 heterocycles. The van der Waals surface area contributed by atoms with Crippen LogP contribution in [0, 0.1) is 0 Å². The summed E-state index contributed by atoms with van der Waals surface area (Å²) in [6.45, 7) is 13.8. The minimum atomic E-state index is -0.148. The van der Waals surface area contributed by atoms with Gasteiger partial charge in [-0.25, -0.2) is 0 Å². The van der Waals surface area contributed by atoms with E-state index in [2.05, 4.69) is 147 Å². The molecule has 0 radical (unpaired) electrons. The molecule has 6 aromatic carbocycles. The molecule has 0 bridgehead atoms. The first-order chi connectivity index (χ1) is 25.6. The number of benzene rings is 6. The molecule has 9 aromatic rings. The zero-order valence-electron chi connectivity index (χ0n) is 30.7. The second-order valence-corrected chi connectivity index (χ2v) is 16.8. The van der Waals surface area contributed by atoms with Crippen molar-refractivity contribution in [3.05, 3.63) is 127 Å². The average molecular weight is 685 g/mol. The summed E-state index contributed by atoms with van der Waals surface area (Å²) >= 11 is 0. The third kappa shape index (κ3) is 4.16. The molecule has 0 unspecified atom stereocenters. The van der Waals surface area contributed by atoms with Gasteiger partial charge in [0.15, 0.2) is 0 Å². The van der Waals surface area contributed by atoms with Gasteiger partial charge in [0.25, 0.3) is 0 Å². The van der Waals surface area contributed by atoms with Crippen LogP contribution in [0.15, 0.2) is 116 Å². The standard InChI is InChI=1S/C46H37BN6/c1-45(2,3)27-11-15-37-31(22-27)32-23-28(46(4,5)6)24-33-40-30-10-8-7-9-26(30)21-39-41(40)47(53(37)44(32)33)42-38(16-14-35-43(42)51-20-19-49-35)52(39)29-12-13-34-36(25-29)50-18-17-48-34/h7-25H,1-6H3. The van der Waals surface area contributed by atoms with E-state index in [1.807, 2.05) is 6.20 Å². The van der Waals surface area contributed by atoms with Gasteiger partial charge in [0, 0.05) is 74.7 Å². The summed E-state index contributed by atoms with van der Waals surface area (Å²) in [5.41, 5.74) is 17.0. The highest BCUT2D eigenvalue weighted by Gasteiger charge is 2.45. The van der Waals surface area contributed by atoms with Gasteiger partial charge in [0.2, 0.25) is 0 Å². The Morgan fingerprint density at radius 1 is 0.547 bits per heavy atom. The Hall–Kier alpha value is -6.08. The van der Waals surface area contributed by atoms with Gasteiger partial charge in [0.05, 0.1) is 22.1 Å². The highest BCUT2D eigenvalue weighted by molar-refractivity contribution is 6.91. The van der Waals surface area contributed by atoms with Crippen LogP contribution in [0.1, 0.15) is 52.7 Å². The van der Waals surface area contributed by atoms with Gasteiger partial charge in [-0.05, 0) is 104 Å². The lowest BCUT2D eigenvalue weighted by Crippen LogP contribution is -2.57. The van der Waals surface area contributed by atoms with Crippen LogP contribution >= 0.6 is 0 Å². The Balaban J connectivity index is 1.38. The molecule has 254 valence electrons. The molecular formula is C46H37BN6. The molecule has 0 saturated carbocycles. The molecule has 0 saturated heterocycles. The van der Waals surface area contributed by atoms with Crippen LogP contribution in [0.4, 0.5) is 17.1 Å². The van der Waals surface area contributed by atoms with Crippen molar-refractivity contribution in [1.29, 1.82) is 0 Å². The number of nitrogens with zero attached hydrogens (tertiary/aromatic N) is 6. The van der Waals surface area contributed by atoms with Crippen molar-refractivity contribution in [2.24, 2.45) is 0 Å². The van der Waals surface area contributed by atoms with Gasteiger partial charge in [0.1, 0.15) is 0 Å². The highest BCUT2D eigenvalue weighted by Crippen LogP contribution is 2.49. The molecule has 6 nitrogen and oxygen atoms in total. The number of hydrogen-bond donors (Lipinski definition) is 0. The van der Waals surface area contributed by atoms with Crippen LogP contribution in [0.25, 0.3) is 65.8 Å². The SMILES string of the molecule is CC(C)(C)c1ccc2c(c1)c1cc(C(C)(C)C)cc3c1n2B1c2c(cc4ccccc4c2-3)N(c2ccc3nccnc3c2)c2ccc3nccnc3c21. The minimum Gasteiger partial charge on any atom is -0.375 e. The molecule has 2 aliphatic heterocycles. The fourth-order valence-corrected chi connectivity index (χ4v) is 9.05. The van der Waals surface area contributed by atoms with E-state index in [4.69, 9.17) is 15.0 Å². The van der Waals surface area contributed by atoms with E-state index >= 15 is 0 Å². The fraction of sp³-hybridized carbons (Fsp3) is 0.174. The lowest BCUT2D eigenvalue weighted by molar-refractivity contribution is 0.590. The Morgan fingerprint density at radius 2 is 1.26 bits per heavy atom. The van der Waals surface area contributed by atoms with E-state index < -0.39 is 0 Å². The third-order valence-electron chi connectivity index (χ3n) is 11.6. The fourth-order valence-electron chi connectivity index (χ4n) is 9.05. The quantitative estimate of drug-likeness (QED) is 0.161. The zero-order chi connectivity index (χ0) is 36.0. The molecule has 0 amide bonds. The molecular weight excluding hydrogens is 647 g/mol. The van der Waals surface area contributed by atoms with Gasteiger partial charge < -0.3 is 9.38 Å². The van der Waals surface area contributed by atoms with Crippen LogP contribution in [0.2, 0.25) is 0 Å². The van der Waals surface area contributed by atoms with Crippen molar-refractivity contribution in [2.75, 3.05) is 4.90 Å². The lowest BCUT2D eigenvalue weighted by Gasteiger charge is -2.41. The van der Waals surface area contributed by atoms with Gasteiger partial charge in [-0.1, -0.05) is 71.9 Å². The normalized spacial score (nSPS) is 13.8. The van der Waals surface area contributed by atoms with Crippen LogP contribution in [0.3, 0.4) is 0 Å². The molecule has 0 N–H and O–H groups in total. The Morgan fingerprint density at radius 3 is 2.08 bits per heavy atom. The van der Waals surface area contributed by atoms with E-state index in [1.165, 1.54) is 60.3 Å². The average Bonchev–Trinajstić information content (AvgIpc) is 3.48. The van der Waals surface area contributed by atoms with E-state index in [0.29, 0.717) is 0 Å². The smallest absolute Gasteiger partial charge is 0.335 e. The van der Waals surface area contributed by atoms with E-state index in [9.17, 15) is 0 Å². The topological polar surface area (TPSA) is 59.7 Å². The van der Waals surface area contributed by atoms with E-state index in [1.54, 1.807) is 18.6 Å².